The first kappa shape index (κ1) is 16.2. The summed E-state index contributed by atoms with van der Waals surface area (Å²) in [4.78, 5) is 14.0. The fourth-order valence-corrected chi connectivity index (χ4v) is 2.22. The number of nitrogens with one attached hydrogen (secondary N) is 2. The third-order valence-corrected chi connectivity index (χ3v) is 3.20. The zero-order chi connectivity index (χ0) is 13.0. The van der Waals surface area contributed by atoms with Gasteiger partial charge in [0.25, 0.3) is 0 Å². The predicted octanol–water partition coefficient (Wildman–Crippen LogP) is 1.99. The van der Waals surface area contributed by atoms with E-state index >= 15 is 0 Å². The molecule has 2 N–H and O–H groups in total. The first-order valence-electron chi connectivity index (χ1n) is 6.14. The number of carbonyl (C=O) groups is 1. The second kappa shape index (κ2) is 7.70. The molecule has 1 heterocycles. The molecule has 0 saturated carbocycles. The van der Waals surface area contributed by atoms with E-state index in [1.54, 1.807) is 24.3 Å². The van der Waals surface area contributed by atoms with Crippen molar-refractivity contribution in [2.24, 2.45) is 0 Å². The fourth-order valence-electron chi connectivity index (χ4n) is 2.09. The maximum atomic E-state index is 11.9. The molecule has 0 aliphatic carbocycles. The molecule has 0 aromatic heterocycles. The predicted molar refractivity (Wildman–Crippen MR) is 81.2 cm³/mol. The van der Waals surface area contributed by atoms with Crippen molar-refractivity contribution in [2.75, 3.05) is 31.5 Å². The Morgan fingerprint density at radius 2 is 2.16 bits per heavy atom. The van der Waals surface area contributed by atoms with E-state index in [0.29, 0.717) is 17.6 Å². The molecular weight excluding hydrogens is 285 g/mol. The molecule has 1 fully saturated rings. The molecular formula is C13H19Cl2N3O. The lowest BCUT2D eigenvalue weighted by atomic mass is 10.2. The van der Waals surface area contributed by atoms with E-state index < -0.39 is 0 Å². The highest BCUT2D eigenvalue weighted by Gasteiger charge is 2.17. The number of carbonyl (C=O) groups excluding carboxylic acids is 1. The van der Waals surface area contributed by atoms with Crippen LogP contribution in [0.1, 0.15) is 6.92 Å². The van der Waals surface area contributed by atoms with Crippen LogP contribution in [-0.4, -0.2) is 43.0 Å². The Balaban J connectivity index is 0.00000180. The van der Waals surface area contributed by atoms with Gasteiger partial charge in [-0.2, -0.15) is 0 Å². The molecule has 0 radical (unpaired) electrons. The van der Waals surface area contributed by atoms with Crippen LogP contribution in [0.5, 0.6) is 0 Å². The van der Waals surface area contributed by atoms with Gasteiger partial charge in [-0.05, 0) is 31.2 Å². The quantitative estimate of drug-likeness (QED) is 0.897. The molecule has 1 aliphatic rings. The topological polar surface area (TPSA) is 44.4 Å². The van der Waals surface area contributed by atoms with Crippen molar-refractivity contribution in [2.45, 2.75) is 13.0 Å². The molecule has 1 aromatic rings. The standard InChI is InChI=1S/C13H18ClN3O.ClH/c1-10-8-17(7-6-15-10)9-13(18)16-12-4-2-11(14)3-5-12;/h2-5,10,15H,6-9H2,1H3,(H,16,18);1H. The zero-order valence-corrected chi connectivity index (χ0v) is 12.4. The van der Waals surface area contributed by atoms with Gasteiger partial charge in [0.2, 0.25) is 5.91 Å². The summed E-state index contributed by atoms with van der Waals surface area (Å²) < 4.78 is 0. The van der Waals surface area contributed by atoms with Gasteiger partial charge in [-0.15, -0.1) is 12.4 Å². The van der Waals surface area contributed by atoms with E-state index in [1.807, 2.05) is 0 Å². The van der Waals surface area contributed by atoms with E-state index in [0.717, 1.165) is 25.3 Å². The fraction of sp³-hybridized carbons (Fsp3) is 0.462. The number of benzene rings is 1. The molecule has 1 amide bonds. The van der Waals surface area contributed by atoms with E-state index in [1.165, 1.54) is 0 Å². The Bertz CT molecular complexity index is 411. The van der Waals surface area contributed by atoms with Crippen molar-refractivity contribution in [3.05, 3.63) is 29.3 Å². The SMILES string of the molecule is CC1CN(CC(=O)Nc2ccc(Cl)cc2)CCN1.Cl. The number of rotatable bonds is 3. The lowest BCUT2D eigenvalue weighted by molar-refractivity contribution is -0.117. The van der Waals surface area contributed by atoms with E-state index in [4.69, 9.17) is 11.6 Å². The maximum Gasteiger partial charge on any atom is 0.238 e. The second-order valence-electron chi connectivity index (χ2n) is 4.65. The first-order valence-corrected chi connectivity index (χ1v) is 6.52. The smallest absolute Gasteiger partial charge is 0.238 e. The summed E-state index contributed by atoms with van der Waals surface area (Å²) in [7, 11) is 0. The molecule has 0 bridgehead atoms. The van der Waals surface area contributed by atoms with Gasteiger partial charge in [0.05, 0.1) is 6.54 Å². The van der Waals surface area contributed by atoms with Gasteiger partial charge in [-0.3, -0.25) is 9.69 Å². The summed E-state index contributed by atoms with van der Waals surface area (Å²) >= 11 is 5.79. The highest BCUT2D eigenvalue weighted by Crippen LogP contribution is 2.13. The Labute approximate surface area is 124 Å². The molecule has 4 nitrogen and oxygen atoms in total. The molecule has 1 atom stereocenters. The Kier molecular flexibility index (Phi) is 6.58. The van der Waals surface area contributed by atoms with Gasteiger partial charge < -0.3 is 10.6 Å². The molecule has 2 rings (SSSR count). The van der Waals surface area contributed by atoms with E-state index in [-0.39, 0.29) is 18.3 Å². The lowest BCUT2D eigenvalue weighted by Gasteiger charge is -2.31. The molecule has 1 unspecified atom stereocenters. The van der Waals surface area contributed by atoms with Crippen LogP contribution in [-0.2, 0) is 4.79 Å². The molecule has 1 aliphatic heterocycles. The van der Waals surface area contributed by atoms with Crippen LogP contribution >= 0.6 is 24.0 Å². The van der Waals surface area contributed by atoms with Crippen LogP contribution in [0.2, 0.25) is 5.02 Å². The van der Waals surface area contributed by atoms with Crippen LogP contribution in [0.4, 0.5) is 5.69 Å². The van der Waals surface area contributed by atoms with Crippen molar-refractivity contribution in [3.8, 4) is 0 Å². The average molecular weight is 304 g/mol. The van der Waals surface area contributed by atoms with Crippen LogP contribution in [0, 0.1) is 0 Å². The van der Waals surface area contributed by atoms with Crippen molar-refractivity contribution in [1.82, 2.24) is 10.2 Å². The van der Waals surface area contributed by atoms with Crippen LogP contribution in [0.3, 0.4) is 0 Å². The number of halogens is 2. The summed E-state index contributed by atoms with van der Waals surface area (Å²) in [5.74, 6) is 0.0198. The summed E-state index contributed by atoms with van der Waals surface area (Å²) in [6.45, 7) is 5.33. The number of amides is 1. The van der Waals surface area contributed by atoms with Gasteiger partial charge in [-0.25, -0.2) is 0 Å². The summed E-state index contributed by atoms with van der Waals surface area (Å²) in [5, 5.41) is 6.89. The minimum Gasteiger partial charge on any atom is -0.325 e. The van der Waals surface area contributed by atoms with Crippen molar-refractivity contribution < 1.29 is 4.79 Å². The number of hydrogen-bond acceptors (Lipinski definition) is 3. The van der Waals surface area contributed by atoms with Crippen molar-refractivity contribution in [1.29, 1.82) is 0 Å². The molecule has 106 valence electrons. The Morgan fingerprint density at radius 1 is 1.47 bits per heavy atom. The third kappa shape index (κ3) is 5.37. The summed E-state index contributed by atoms with van der Waals surface area (Å²) in [6, 6.07) is 7.59. The monoisotopic (exact) mass is 303 g/mol. The summed E-state index contributed by atoms with van der Waals surface area (Å²) in [5.41, 5.74) is 0.785. The van der Waals surface area contributed by atoms with E-state index in [9.17, 15) is 4.79 Å². The number of nitrogens with zero attached hydrogens (tertiary/aromatic N) is 1. The van der Waals surface area contributed by atoms with Crippen molar-refractivity contribution >= 4 is 35.6 Å². The molecule has 1 aromatic carbocycles. The molecule has 0 spiro atoms. The van der Waals surface area contributed by atoms with Gasteiger partial charge in [-0.1, -0.05) is 11.6 Å². The molecule has 19 heavy (non-hydrogen) atoms. The average Bonchev–Trinajstić information content (AvgIpc) is 2.32. The van der Waals surface area contributed by atoms with Gasteiger partial charge in [0, 0.05) is 36.4 Å². The summed E-state index contributed by atoms with van der Waals surface area (Å²) in [6.07, 6.45) is 0. The normalized spacial score (nSPS) is 19.6. The largest absolute Gasteiger partial charge is 0.325 e. The van der Waals surface area contributed by atoms with Crippen LogP contribution in [0.25, 0.3) is 0 Å². The second-order valence-corrected chi connectivity index (χ2v) is 5.08. The first-order chi connectivity index (χ1) is 8.63. The molecule has 1 saturated heterocycles. The van der Waals surface area contributed by atoms with E-state index in [2.05, 4.69) is 22.5 Å². The van der Waals surface area contributed by atoms with Gasteiger partial charge in [0.1, 0.15) is 0 Å². The highest BCUT2D eigenvalue weighted by atomic mass is 35.5. The van der Waals surface area contributed by atoms with Crippen molar-refractivity contribution in [3.63, 3.8) is 0 Å². The van der Waals surface area contributed by atoms with Crippen LogP contribution < -0.4 is 10.6 Å². The Hall–Kier alpha value is -0.810. The number of hydrogen-bond donors (Lipinski definition) is 2. The highest BCUT2D eigenvalue weighted by molar-refractivity contribution is 6.30. The lowest BCUT2D eigenvalue weighted by Crippen LogP contribution is -2.51. The number of piperazine rings is 1. The van der Waals surface area contributed by atoms with Crippen LogP contribution in [0.15, 0.2) is 24.3 Å². The Morgan fingerprint density at radius 3 is 2.79 bits per heavy atom. The zero-order valence-electron chi connectivity index (χ0n) is 10.9. The van der Waals surface area contributed by atoms with Gasteiger partial charge >= 0.3 is 0 Å². The third-order valence-electron chi connectivity index (χ3n) is 2.95. The van der Waals surface area contributed by atoms with Gasteiger partial charge in [0.15, 0.2) is 0 Å². The minimum atomic E-state index is 0. The molecule has 6 heteroatoms. The minimum absolute atomic E-state index is 0. The number of anilines is 1. The maximum absolute atomic E-state index is 11.9.